The fourth-order valence-corrected chi connectivity index (χ4v) is 0.745. The molecule has 0 fully saturated rings. The maximum atomic E-state index is 5.57. The van der Waals surface area contributed by atoms with E-state index in [1.54, 1.807) is 0 Å². The molecule has 0 aliphatic carbocycles. The normalized spacial score (nSPS) is 11.9. The van der Waals surface area contributed by atoms with Gasteiger partial charge in [-0.3, -0.25) is 4.99 Å². The number of aliphatic imine (C=N–C) groups is 1. The molecule has 0 bridgehead atoms. The fraction of sp³-hybridized carbons (Fsp3) is 0.286. The average Bonchev–Trinajstić information content (AvgIpc) is 2.38. The molecule has 1 aromatic heterocycles. The van der Waals surface area contributed by atoms with E-state index in [0.717, 1.165) is 12.2 Å². The maximum Gasteiger partial charge on any atom is 0.142 e. The molecule has 10 heavy (non-hydrogen) atoms. The van der Waals surface area contributed by atoms with E-state index in [2.05, 4.69) is 9.98 Å². The van der Waals surface area contributed by atoms with Crippen LogP contribution in [0, 0.1) is 0 Å². The van der Waals surface area contributed by atoms with E-state index >= 15 is 0 Å². The molecule has 3 N–H and O–H groups in total. The van der Waals surface area contributed by atoms with Crippen molar-refractivity contribution in [2.75, 3.05) is 6.54 Å². The van der Waals surface area contributed by atoms with Crippen LogP contribution < -0.4 is 5.73 Å². The van der Waals surface area contributed by atoms with Crippen molar-refractivity contribution in [1.29, 1.82) is 0 Å². The minimum absolute atomic E-state index is 0.576. The van der Waals surface area contributed by atoms with E-state index in [1.165, 1.54) is 0 Å². The minimum Gasteiger partial charge on any atom is -0.382 e. The molecule has 3 nitrogen and oxygen atoms in total. The SMILES string of the molecule is CCN=C(N)c1ccc[nH]1. The summed E-state index contributed by atoms with van der Waals surface area (Å²) in [6.07, 6.45) is 1.83. The van der Waals surface area contributed by atoms with Crippen molar-refractivity contribution in [2.45, 2.75) is 6.92 Å². The Bertz CT molecular complexity index is 211. The van der Waals surface area contributed by atoms with Crippen LogP contribution in [-0.2, 0) is 0 Å². The Morgan fingerprint density at radius 1 is 1.80 bits per heavy atom. The van der Waals surface area contributed by atoms with E-state index < -0.39 is 0 Å². The third kappa shape index (κ3) is 1.37. The lowest BCUT2D eigenvalue weighted by molar-refractivity contribution is 1.12. The highest BCUT2D eigenvalue weighted by Crippen LogP contribution is 1.92. The highest BCUT2D eigenvalue weighted by Gasteiger charge is 1.94. The zero-order valence-corrected chi connectivity index (χ0v) is 5.96. The summed E-state index contributed by atoms with van der Waals surface area (Å²) in [5.41, 5.74) is 6.46. The molecule has 0 radical (unpaired) electrons. The summed E-state index contributed by atoms with van der Waals surface area (Å²) in [4.78, 5) is 7.00. The number of nitrogens with one attached hydrogen (secondary N) is 1. The molecule has 0 aromatic carbocycles. The molecule has 1 heterocycles. The number of hydrogen-bond acceptors (Lipinski definition) is 1. The van der Waals surface area contributed by atoms with Crippen LogP contribution in [-0.4, -0.2) is 17.4 Å². The summed E-state index contributed by atoms with van der Waals surface area (Å²) in [6.45, 7) is 2.68. The molecule has 0 spiro atoms. The highest BCUT2D eigenvalue weighted by atomic mass is 14.9. The lowest BCUT2D eigenvalue weighted by Gasteiger charge is -1.93. The van der Waals surface area contributed by atoms with Crippen LogP contribution in [0.1, 0.15) is 12.6 Å². The van der Waals surface area contributed by atoms with Crippen molar-refractivity contribution < 1.29 is 0 Å². The van der Waals surface area contributed by atoms with Crippen molar-refractivity contribution in [1.82, 2.24) is 4.98 Å². The molecule has 1 rings (SSSR count). The monoisotopic (exact) mass is 137 g/mol. The molecule has 0 saturated heterocycles. The molecule has 54 valence electrons. The van der Waals surface area contributed by atoms with Crippen molar-refractivity contribution in [3.63, 3.8) is 0 Å². The van der Waals surface area contributed by atoms with Crippen LogP contribution in [0.4, 0.5) is 0 Å². The quantitative estimate of drug-likeness (QED) is 0.458. The van der Waals surface area contributed by atoms with Gasteiger partial charge in [0.25, 0.3) is 0 Å². The number of aromatic amines is 1. The lowest BCUT2D eigenvalue weighted by atomic mass is 10.4. The van der Waals surface area contributed by atoms with E-state index in [9.17, 15) is 0 Å². The number of rotatable bonds is 2. The van der Waals surface area contributed by atoms with Crippen LogP contribution in [0.5, 0.6) is 0 Å². The summed E-state index contributed by atoms with van der Waals surface area (Å²) in [5.74, 6) is 0.576. The van der Waals surface area contributed by atoms with Crippen LogP contribution in [0.15, 0.2) is 23.3 Å². The summed E-state index contributed by atoms with van der Waals surface area (Å²) in [5, 5.41) is 0. The first kappa shape index (κ1) is 6.86. The van der Waals surface area contributed by atoms with E-state index in [0.29, 0.717) is 5.84 Å². The van der Waals surface area contributed by atoms with E-state index in [-0.39, 0.29) is 0 Å². The Balaban J connectivity index is 2.77. The van der Waals surface area contributed by atoms with Crippen molar-refractivity contribution >= 4 is 5.84 Å². The average molecular weight is 137 g/mol. The van der Waals surface area contributed by atoms with Gasteiger partial charge in [0.1, 0.15) is 5.84 Å². The van der Waals surface area contributed by atoms with Crippen LogP contribution in [0.2, 0.25) is 0 Å². The molecule has 0 atom stereocenters. The van der Waals surface area contributed by atoms with Gasteiger partial charge in [-0.2, -0.15) is 0 Å². The number of hydrogen-bond donors (Lipinski definition) is 2. The van der Waals surface area contributed by atoms with Gasteiger partial charge in [-0.05, 0) is 19.1 Å². The summed E-state index contributed by atoms with van der Waals surface area (Å²) < 4.78 is 0. The molecule has 0 aliphatic rings. The number of nitrogens with zero attached hydrogens (tertiary/aromatic N) is 1. The van der Waals surface area contributed by atoms with Crippen molar-refractivity contribution in [3.05, 3.63) is 24.0 Å². The first-order valence-electron chi connectivity index (χ1n) is 3.28. The van der Waals surface area contributed by atoms with Crippen LogP contribution in [0.25, 0.3) is 0 Å². The lowest BCUT2D eigenvalue weighted by Crippen LogP contribution is -2.13. The summed E-state index contributed by atoms with van der Waals surface area (Å²) in [6, 6.07) is 3.79. The van der Waals surface area contributed by atoms with Gasteiger partial charge in [-0.25, -0.2) is 0 Å². The van der Waals surface area contributed by atoms with Gasteiger partial charge < -0.3 is 10.7 Å². The number of aromatic nitrogens is 1. The van der Waals surface area contributed by atoms with Gasteiger partial charge in [0.05, 0.1) is 5.69 Å². The smallest absolute Gasteiger partial charge is 0.142 e. The van der Waals surface area contributed by atoms with E-state index in [4.69, 9.17) is 5.73 Å². The molecule has 1 aromatic rings. The topological polar surface area (TPSA) is 54.2 Å². The van der Waals surface area contributed by atoms with Gasteiger partial charge >= 0.3 is 0 Å². The largest absolute Gasteiger partial charge is 0.382 e. The van der Waals surface area contributed by atoms with Crippen LogP contribution in [0.3, 0.4) is 0 Å². The molecule has 0 unspecified atom stereocenters. The van der Waals surface area contributed by atoms with Gasteiger partial charge in [-0.15, -0.1) is 0 Å². The van der Waals surface area contributed by atoms with Crippen LogP contribution >= 0.6 is 0 Å². The molecule has 0 aliphatic heterocycles. The second-order valence-corrected chi connectivity index (χ2v) is 1.94. The predicted molar refractivity (Wildman–Crippen MR) is 42.1 cm³/mol. The van der Waals surface area contributed by atoms with Gasteiger partial charge in [-0.1, -0.05) is 0 Å². The van der Waals surface area contributed by atoms with Crippen molar-refractivity contribution in [3.8, 4) is 0 Å². The Labute approximate surface area is 60.0 Å². The molecular weight excluding hydrogens is 126 g/mol. The third-order valence-electron chi connectivity index (χ3n) is 1.20. The third-order valence-corrected chi connectivity index (χ3v) is 1.20. The Morgan fingerprint density at radius 2 is 2.60 bits per heavy atom. The minimum atomic E-state index is 0.576. The predicted octanol–water partition coefficient (Wildman–Crippen LogP) is 0.740. The first-order valence-corrected chi connectivity index (χ1v) is 3.28. The highest BCUT2D eigenvalue weighted by molar-refractivity contribution is 5.95. The van der Waals surface area contributed by atoms with Gasteiger partial charge in [0.2, 0.25) is 0 Å². The second kappa shape index (κ2) is 3.06. The Hall–Kier alpha value is -1.25. The zero-order chi connectivity index (χ0) is 7.40. The standard InChI is InChI=1S/C7H11N3/c1-2-9-7(8)6-4-3-5-10-6/h3-5,10H,2H2,1H3,(H2,8,9). The molecule has 3 heteroatoms. The molecule has 0 amide bonds. The molecular formula is C7H11N3. The second-order valence-electron chi connectivity index (χ2n) is 1.94. The fourth-order valence-electron chi connectivity index (χ4n) is 0.745. The Kier molecular flexibility index (Phi) is 2.10. The molecule has 0 saturated carbocycles. The summed E-state index contributed by atoms with van der Waals surface area (Å²) in [7, 11) is 0. The van der Waals surface area contributed by atoms with Gasteiger partial charge in [0.15, 0.2) is 0 Å². The zero-order valence-electron chi connectivity index (χ0n) is 5.96. The van der Waals surface area contributed by atoms with Gasteiger partial charge in [0, 0.05) is 12.7 Å². The number of H-pyrrole nitrogens is 1. The number of amidine groups is 1. The first-order chi connectivity index (χ1) is 4.84. The number of nitrogens with two attached hydrogens (primary N) is 1. The van der Waals surface area contributed by atoms with Crippen molar-refractivity contribution in [2.24, 2.45) is 10.7 Å². The van der Waals surface area contributed by atoms with E-state index in [1.807, 2.05) is 25.3 Å². The maximum absolute atomic E-state index is 5.57. The summed E-state index contributed by atoms with van der Waals surface area (Å²) >= 11 is 0. The Morgan fingerprint density at radius 3 is 3.10 bits per heavy atom.